The van der Waals surface area contributed by atoms with E-state index in [0.29, 0.717) is 12.3 Å². The molecule has 0 aromatic carbocycles. The summed E-state index contributed by atoms with van der Waals surface area (Å²) in [6, 6.07) is 0. The van der Waals surface area contributed by atoms with Crippen molar-refractivity contribution >= 4 is 5.91 Å². The summed E-state index contributed by atoms with van der Waals surface area (Å²) in [5, 5.41) is 2.89. The van der Waals surface area contributed by atoms with Crippen LogP contribution >= 0.6 is 0 Å². The zero-order valence-electron chi connectivity index (χ0n) is 8.97. The van der Waals surface area contributed by atoms with Crippen LogP contribution in [-0.4, -0.2) is 12.5 Å². The molecule has 0 aromatic heterocycles. The highest BCUT2D eigenvalue weighted by atomic mass is 16.1. The Balaban J connectivity index is 3.40. The van der Waals surface area contributed by atoms with Gasteiger partial charge in [0.25, 0.3) is 0 Å². The number of carbonyl (C=O) groups excluding carboxylic acids is 1. The van der Waals surface area contributed by atoms with Crippen LogP contribution in [-0.2, 0) is 4.79 Å². The monoisotopic (exact) mass is 183 g/mol. The van der Waals surface area contributed by atoms with Crippen molar-refractivity contribution in [3.8, 4) is 0 Å². The van der Waals surface area contributed by atoms with Gasteiger partial charge < -0.3 is 5.32 Å². The van der Waals surface area contributed by atoms with Gasteiger partial charge in [-0.15, -0.1) is 0 Å². The predicted molar refractivity (Wildman–Crippen MR) is 56.5 cm³/mol. The summed E-state index contributed by atoms with van der Waals surface area (Å²) in [7, 11) is 0. The second-order valence-electron chi connectivity index (χ2n) is 3.43. The molecule has 0 spiro atoms. The molecule has 0 fully saturated rings. The Morgan fingerprint density at radius 1 is 1.54 bits per heavy atom. The number of nitrogens with one attached hydrogen (secondary N) is 1. The standard InChI is InChI=1S/C11H21NO/c1-4-6-7-8-12-11(13)9-10(3)5-2/h4,6,10H,5,7-9H2,1-3H3,(H,12,13)/b6-4+. The van der Waals surface area contributed by atoms with Crippen LogP contribution in [0.1, 0.15) is 40.0 Å². The topological polar surface area (TPSA) is 29.1 Å². The van der Waals surface area contributed by atoms with E-state index in [2.05, 4.69) is 25.2 Å². The van der Waals surface area contributed by atoms with Crippen molar-refractivity contribution in [2.75, 3.05) is 6.54 Å². The second-order valence-corrected chi connectivity index (χ2v) is 3.43. The Bertz CT molecular complexity index is 163. The Labute approximate surface area is 81.4 Å². The molecule has 0 saturated carbocycles. The van der Waals surface area contributed by atoms with Gasteiger partial charge in [0.15, 0.2) is 0 Å². The summed E-state index contributed by atoms with van der Waals surface area (Å²) >= 11 is 0. The van der Waals surface area contributed by atoms with Gasteiger partial charge in [-0.2, -0.15) is 0 Å². The van der Waals surface area contributed by atoms with Crippen LogP contribution in [0, 0.1) is 5.92 Å². The van der Waals surface area contributed by atoms with Crippen LogP contribution in [0.2, 0.25) is 0 Å². The van der Waals surface area contributed by atoms with Crippen LogP contribution < -0.4 is 5.32 Å². The molecule has 1 unspecified atom stereocenters. The van der Waals surface area contributed by atoms with Gasteiger partial charge in [0.2, 0.25) is 5.91 Å². The number of amides is 1. The van der Waals surface area contributed by atoms with Crippen molar-refractivity contribution in [2.45, 2.75) is 40.0 Å². The average molecular weight is 183 g/mol. The van der Waals surface area contributed by atoms with Crippen molar-refractivity contribution in [3.63, 3.8) is 0 Å². The summed E-state index contributed by atoms with van der Waals surface area (Å²) in [6.45, 7) is 6.96. The largest absolute Gasteiger partial charge is 0.356 e. The first kappa shape index (κ1) is 12.2. The van der Waals surface area contributed by atoms with E-state index in [9.17, 15) is 4.79 Å². The molecule has 0 aromatic rings. The van der Waals surface area contributed by atoms with Gasteiger partial charge in [-0.3, -0.25) is 4.79 Å². The molecule has 0 rings (SSSR count). The lowest BCUT2D eigenvalue weighted by Gasteiger charge is -2.07. The van der Waals surface area contributed by atoms with E-state index in [1.807, 2.05) is 13.0 Å². The Morgan fingerprint density at radius 2 is 2.23 bits per heavy atom. The van der Waals surface area contributed by atoms with E-state index in [-0.39, 0.29) is 5.91 Å². The summed E-state index contributed by atoms with van der Waals surface area (Å²) in [4.78, 5) is 11.2. The van der Waals surface area contributed by atoms with E-state index >= 15 is 0 Å². The number of allylic oxidation sites excluding steroid dienone is 1. The minimum atomic E-state index is 0.179. The molecule has 2 heteroatoms. The third-order valence-corrected chi connectivity index (χ3v) is 2.10. The SMILES string of the molecule is C/C=C/CCNC(=O)CC(C)CC. The Morgan fingerprint density at radius 3 is 2.77 bits per heavy atom. The van der Waals surface area contributed by atoms with E-state index in [4.69, 9.17) is 0 Å². The van der Waals surface area contributed by atoms with Gasteiger partial charge in [-0.05, 0) is 19.3 Å². The highest BCUT2D eigenvalue weighted by Gasteiger charge is 2.05. The van der Waals surface area contributed by atoms with Gasteiger partial charge >= 0.3 is 0 Å². The first-order valence-corrected chi connectivity index (χ1v) is 5.08. The maximum atomic E-state index is 11.2. The fraction of sp³-hybridized carbons (Fsp3) is 0.727. The van der Waals surface area contributed by atoms with Crippen molar-refractivity contribution in [3.05, 3.63) is 12.2 Å². The van der Waals surface area contributed by atoms with E-state index in [1.165, 1.54) is 0 Å². The van der Waals surface area contributed by atoms with E-state index < -0.39 is 0 Å². The molecule has 0 aliphatic carbocycles. The normalized spacial score (nSPS) is 13.2. The summed E-state index contributed by atoms with van der Waals surface area (Å²) in [5.74, 6) is 0.681. The second kappa shape index (κ2) is 7.84. The molecule has 0 aliphatic heterocycles. The Hall–Kier alpha value is -0.790. The van der Waals surface area contributed by atoms with Crippen molar-refractivity contribution in [2.24, 2.45) is 5.92 Å². The van der Waals surface area contributed by atoms with Crippen LogP contribution in [0.3, 0.4) is 0 Å². The first-order valence-electron chi connectivity index (χ1n) is 5.08. The lowest BCUT2D eigenvalue weighted by molar-refractivity contribution is -0.121. The van der Waals surface area contributed by atoms with Gasteiger partial charge in [0.05, 0.1) is 0 Å². The number of rotatable bonds is 6. The molecule has 0 aliphatic rings. The number of carbonyl (C=O) groups is 1. The van der Waals surface area contributed by atoms with Crippen LogP contribution in [0.4, 0.5) is 0 Å². The highest BCUT2D eigenvalue weighted by molar-refractivity contribution is 5.76. The lowest BCUT2D eigenvalue weighted by atomic mass is 10.1. The predicted octanol–water partition coefficient (Wildman–Crippen LogP) is 2.51. The first-order chi connectivity index (χ1) is 6.20. The highest BCUT2D eigenvalue weighted by Crippen LogP contribution is 2.05. The molecule has 13 heavy (non-hydrogen) atoms. The molecular weight excluding hydrogens is 162 g/mol. The molecule has 0 saturated heterocycles. The molecule has 1 N–H and O–H groups in total. The lowest BCUT2D eigenvalue weighted by Crippen LogP contribution is -2.25. The van der Waals surface area contributed by atoms with E-state index in [1.54, 1.807) is 0 Å². The molecule has 0 heterocycles. The average Bonchev–Trinajstić information content (AvgIpc) is 2.12. The fourth-order valence-corrected chi connectivity index (χ4v) is 0.995. The number of hydrogen-bond donors (Lipinski definition) is 1. The zero-order chi connectivity index (χ0) is 10.1. The maximum absolute atomic E-state index is 11.2. The van der Waals surface area contributed by atoms with E-state index in [0.717, 1.165) is 19.4 Å². The smallest absolute Gasteiger partial charge is 0.220 e. The van der Waals surface area contributed by atoms with Crippen LogP contribution in [0.5, 0.6) is 0 Å². The molecular formula is C11H21NO. The van der Waals surface area contributed by atoms with Gasteiger partial charge in [-0.25, -0.2) is 0 Å². The third kappa shape index (κ3) is 7.57. The Kier molecular flexibility index (Phi) is 7.36. The van der Waals surface area contributed by atoms with Crippen LogP contribution in [0.25, 0.3) is 0 Å². The summed E-state index contributed by atoms with van der Waals surface area (Å²) in [5.41, 5.74) is 0. The molecule has 76 valence electrons. The van der Waals surface area contributed by atoms with Gasteiger partial charge in [-0.1, -0.05) is 32.4 Å². The molecule has 2 nitrogen and oxygen atoms in total. The van der Waals surface area contributed by atoms with Crippen molar-refractivity contribution in [1.29, 1.82) is 0 Å². The minimum absolute atomic E-state index is 0.179. The van der Waals surface area contributed by atoms with Gasteiger partial charge in [0, 0.05) is 13.0 Å². The maximum Gasteiger partial charge on any atom is 0.220 e. The third-order valence-electron chi connectivity index (χ3n) is 2.10. The summed E-state index contributed by atoms with van der Waals surface area (Å²) < 4.78 is 0. The summed E-state index contributed by atoms with van der Waals surface area (Å²) in [6.07, 6.45) is 6.72. The zero-order valence-corrected chi connectivity index (χ0v) is 8.97. The minimum Gasteiger partial charge on any atom is -0.356 e. The molecule has 1 amide bonds. The molecule has 1 atom stereocenters. The fourth-order valence-electron chi connectivity index (χ4n) is 0.995. The van der Waals surface area contributed by atoms with Crippen molar-refractivity contribution in [1.82, 2.24) is 5.32 Å². The molecule has 0 radical (unpaired) electrons. The van der Waals surface area contributed by atoms with Crippen LogP contribution in [0.15, 0.2) is 12.2 Å². The van der Waals surface area contributed by atoms with Crippen molar-refractivity contribution < 1.29 is 4.79 Å². The molecule has 0 bridgehead atoms. The quantitative estimate of drug-likeness (QED) is 0.497. The number of hydrogen-bond acceptors (Lipinski definition) is 1. The van der Waals surface area contributed by atoms with Gasteiger partial charge in [0.1, 0.15) is 0 Å².